The van der Waals surface area contributed by atoms with Crippen LogP contribution in [0.1, 0.15) is 25.3 Å². The first-order valence-electron chi connectivity index (χ1n) is 12.9. The van der Waals surface area contributed by atoms with Crippen molar-refractivity contribution in [3.05, 3.63) is 46.4 Å². The number of likely N-dealkylation sites (N-methyl/N-ethyl adjacent to an activating group) is 1. The molecule has 2 aliphatic rings. The zero-order chi connectivity index (χ0) is 25.9. The van der Waals surface area contributed by atoms with Crippen molar-refractivity contribution in [2.75, 3.05) is 50.2 Å². The van der Waals surface area contributed by atoms with Crippen LogP contribution in [0.3, 0.4) is 0 Å². The monoisotopic (exact) mass is 506 g/mol. The van der Waals surface area contributed by atoms with Gasteiger partial charge in [-0.1, -0.05) is 6.92 Å². The summed E-state index contributed by atoms with van der Waals surface area (Å²) in [5, 5.41) is 6.78. The fourth-order valence-corrected chi connectivity index (χ4v) is 4.81. The smallest absolute Gasteiger partial charge is 0.293 e. The van der Waals surface area contributed by atoms with Crippen molar-refractivity contribution in [1.29, 1.82) is 0 Å². The summed E-state index contributed by atoms with van der Waals surface area (Å²) in [6.07, 6.45) is 4.23. The van der Waals surface area contributed by atoms with Crippen LogP contribution in [0.15, 0.2) is 35.3 Å². The Kier molecular flexibility index (Phi) is 7.27. The Bertz CT molecular complexity index is 1350. The zero-order valence-corrected chi connectivity index (χ0v) is 21.6. The molecule has 0 saturated carbocycles. The van der Waals surface area contributed by atoms with E-state index in [0.717, 1.165) is 53.4 Å². The van der Waals surface area contributed by atoms with E-state index in [9.17, 15) is 9.59 Å². The Labute approximate surface area is 216 Å². The van der Waals surface area contributed by atoms with E-state index in [2.05, 4.69) is 27.4 Å². The van der Waals surface area contributed by atoms with E-state index < -0.39 is 0 Å². The van der Waals surface area contributed by atoms with Gasteiger partial charge in [-0.2, -0.15) is 4.98 Å². The molecular formula is C27H34N6O4. The minimum absolute atomic E-state index is 0.146. The van der Waals surface area contributed by atoms with Crippen LogP contribution in [0.2, 0.25) is 0 Å². The van der Waals surface area contributed by atoms with Crippen molar-refractivity contribution in [3.8, 4) is 5.75 Å². The second kappa shape index (κ2) is 10.8. The molecule has 1 amide bonds. The van der Waals surface area contributed by atoms with Gasteiger partial charge in [0.05, 0.1) is 18.7 Å². The maximum Gasteiger partial charge on any atom is 0.293 e. The van der Waals surface area contributed by atoms with Crippen molar-refractivity contribution in [2.24, 2.45) is 11.8 Å². The molecule has 37 heavy (non-hydrogen) atoms. The summed E-state index contributed by atoms with van der Waals surface area (Å²) in [6, 6.07) is 7.56. The van der Waals surface area contributed by atoms with Crippen molar-refractivity contribution < 1.29 is 14.3 Å². The number of carbonyl (C=O) groups excluding carboxylic acids is 1. The average molecular weight is 507 g/mol. The largest absolute Gasteiger partial charge is 0.478 e. The SMILES string of the molecule is CNC(=O)COc1cc2cc(Nc3nc(N4CCCC(C)C4)ncc3C)ccc2n(CC2COC2)c1=O. The third-order valence-corrected chi connectivity index (χ3v) is 7.01. The number of hydrogen-bond donors (Lipinski definition) is 2. The van der Waals surface area contributed by atoms with Gasteiger partial charge in [0.15, 0.2) is 12.4 Å². The summed E-state index contributed by atoms with van der Waals surface area (Å²) in [7, 11) is 1.53. The first-order chi connectivity index (χ1) is 17.9. The van der Waals surface area contributed by atoms with Crippen molar-refractivity contribution in [2.45, 2.75) is 33.2 Å². The number of carbonyl (C=O) groups is 1. The summed E-state index contributed by atoms with van der Waals surface area (Å²) in [4.78, 5) is 36.6. The summed E-state index contributed by atoms with van der Waals surface area (Å²) >= 11 is 0. The van der Waals surface area contributed by atoms with Gasteiger partial charge in [-0.25, -0.2) is 4.98 Å². The van der Waals surface area contributed by atoms with Crippen LogP contribution < -0.4 is 25.8 Å². The molecule has 2 N–H and O–H groups in total. The molecule has 196 valence electrons. The van der Waals surface area contributed by atoms with Crippen molar-refractivity contribution in [1.82, 2.24) is 19.9 Å². The van der Waals surface area contributed by atoms with Crippen LogP contribution in [-0.2, 0) is 16.1 Å². The fourth-order valence-electron chi connectivity index (χ4n) is 4.81. The van der Waals surface area contributed by atoms with E-state index in [1.807, 2.05) is 31.3 Å². The molecule has 0 bridgehead atoms. The number of ether oxygens (including phenoxy) is 2. The third-order valence-electron chi connectivity index (χ3n) is 7.01. The molecule has 2 saturated heterocycles. The highest BCUT2D eigenvalue weighted by molar-refractivity contribution is 5.85. The van der Waals surface area contributed by atoms with Gasteiger partial charge in [-0.15, -0.1) is 0 Å². The minimum atomic E-state index is -0.299. The number of pyridine rings is 1. The van der Waals surface area contributed by atoms with Crippen LogP contribution in [0.25, 0.3) is 10.9 Å². The van der Waals surface area contributed by atoms with Crippen LogP contribution in [0.5, 0.6) is 5.75 Å². The van der Waals surface area contributed by atoms with Crippen LogP contribution in [0.4, 0.5) is 17.5 Å². The van der Waals surface area contributed by atoms with Gasteiger partial charge in [0.2, 0.25) is 5.95 Å². The summed E-state index contributed by atoms with van der Waals surface area (Å²) in [5.74, 6) is 2.23. The minimum Gasteiger partial charge on any atom is -0.478 e. The molecule has 5 rings (SSSR count). The lowest BCUT2D eigenvalue weighted by atomic mass is 10.0. The molecule has 1 atom stereocenters. The molecule has 0 aliphatic carbocycles. The summed E-state index contributed by atoms with van der Waals surface area (Å²) < 4.78 is 12.7. The van der Waals surface area contributed by atoms with Gasteiger partial charge in [0.25, 0.3) is 11.5 Å². The molecule has 10 heteroatoms. The number of piperidine rings is 1. The van der Waals surface area contributed by atoms with Gasteiger partial charge < -0.3 is 29.6 Å². The molecule has 3 aromatic rings. The number of benzene rings is 1. The highest BCUT2D eigenvalue weighted by Gasteiger charge is 2.22. The van der Waals surface area contributed by atoms with Crippen molar-refractivity contribution in [3.63, 3.8) is 0 Å². The third kappa shape index (κ3) is 5.53. The van der Waals surface area contributed by atoms with E-state index in [1.165, 1.54) is 13.5 Å². The molecule has 2 aliphatic heterocycles. The van der Waals surface area contributed by atoms with Crippen molar-refractivity contribution >= 4 is 34.3 Å². The molecule has 0 spiro atoms. The Hall–Kier alpha value is -3.66. The molecule has 1 aromatic carbocycles. The Morgan fingerprint density at radius 3 is 2.84 bits per heavy atom. The van der Waals surface area contributed by atoms with Gasteiger partial charge in [-0.05, 0) is 49.9 Å². The second-order valence-electron chi connectivity index (χ2n) is 10.1. The fraction of sp³-hybridized carbons (Fsp3) is 0.481. The first kappa shape index (κ1) is 25.0. The number of nitrogens with zero attached hydrogens (tertiary/aromatic N) is 4. The molecule has 1 unspecified atom stereocenters. The van der Waals surface area contributed by atoms with E-state index in [4.69, 9.17) is 14.5 Å². The van der Waals surface area contributed by atoms with Gasteiger partial charge in [0.1, 0.15) is 5.82 Å². The number of nitrogens with one attached hydrogen (secondary N) is 2. The lowest BCUT2D eigenvalue weighted by Gasteiger charge is -2.31. The second-order valence-corrected chi connectivity index (χ2v) is 10.1. The Morgan fingerprint density at radius 2 is 2.11 bits per heavy atom. The number of aromatic nitrogens is 3. The quantitative estimate of drug-likeness (QED) is 0.480. The number of aryl methyl sites for hydroxylation is 1. The highest BCUT2D eigenvalue weighted by atomic mass is 16.5. The Balaban J connectivity index is 1.46. The Morgan fingerprint density at radius 1 is 1.27 bits per heavy atom. The molecule has 4 heterocycles. The predicted molar refractivity (Wildman–Crippen MR) is 143 cm³/mol. The standard InChI is InChI=1S/C27H34N6O4/c1-17-5-4-8-32(12-17)27-29-11-18(2)25(31-27)30-21-6-7-22-20(9-21)10-23(37-16-24(34)28-3)26(35)33(22)13-19-14-36-15-19/h6-7,9-11,17,19H,4-5,8,12-16H2,1-3H3,(H,28,34)(H,29,30,31). The summed E-state index contributed by atoms with van der Waals surface area (Å²) in [5.41, 5.74) is 2.33. The van der Waals surface area contributed by atoms with Crippen LogP contribution in [-0.4, -0.2) is 60.4 Å². The zero-order valence-electron chi connectivity index (χ0n) is 21.6. The van der Waals surface area contributed by atoms with Gasteiger partial charge >= 0.3 is 0 Å². The lowest BCUT2D eigenvalue weighted by Crippen LogP contribution is -2.36. The number of anilines is 3. The summed E-state index contributed by atoms with van der Waals surface area (Å²) in [6.45, 7) is 7.73. The maximum atomic E-state index is 13.2. The van der Waals surface area contributed by atoms with E-state index in [0.29, 0.717) is 25.7 Å². The van der Waals surface area contributed by atoms with E-state index in [1.54, 1.807) is 10.6 Å². The molecular weight excluding hydrogens is 472 g/mol. The number of rotatable bonds is 8. The predicted octanol–water partition coefficient (Wildman–Crippen LogP) is 2.85. The molecule has 2 aromatic heterocycles. The number of fused-ring (bicyclic) bond motifs is 1. The highest BCUT2D eigenvalue weighted by Crippen LogP contribution is 2.27. The average Bonchev–Trinajstić information content (AvgIpc) is 2.87. The number of hydrogen-bond acceptors (Lipinski definition) is 8. The van der Waals surface area contributed by atoms with E-state index in [-0.39, 0.29) is 29.7 Å². The molecule has 10 nitrogen and oxygen atoms in total. The van der Waals surface area contributed by atoms with Gasteiger partial charge in [0, 0.05) is 55.4 Å². The van der Waals surface area contributed by atoms with Crippen LogP contribution in [0, 0.1) is 18.8 Å². The maximum absolute atomic E-state index is 13.2. The van der Waals surface area contributed by atoms with E-state index >= 15 is 0 Å². The lowest BCUT2D eigenvalue weighted by molar-refractivity contribution is -0.122. The van der Waals surface area contributed by atoms with Gasteiger partial charge in [-0.3, -0.25) is 9.59 Å². The normalized spacial score (nSPS) is 17.9. The molecule has 2 fully saturated rings. The first-order valence-corrected chi connectivity index (χ1v) is 12.9. The number of amides is 1. The topological polar surface area (TPSA) is 111 Å². The molecule has 0 radical (unpaired) electrons. The van der Waals surface area contributed by atoms with Crippen LogP contribution >= 0.6 is 0 Å².